The molecule has 0 aromatic rings. The number of aliphatic hydroxyl groups is 9. The molecule has 9 N–H and O–H groups in total. The van der Waals surface area contributed by atoms with Gasteiger partial charge in [-0.2, -0.15) is 0 Å². The molecular formula is C12H22O11. The highest BCUT2D eigenvalue weighted by molar-refractivity contribution is 5.59. The second-order valence-corrected chi connectivity index (χ2v) is 5.41. The maximum Gasteiger partial charge on any atom is 0.154 e. The summed E-state index contributed by atoms with van der Waals surface area (Å²) < 4.78 is 5.00. The average molecular weight is 342 g/mol. The molecule has 1 rings (SSSR count). The Morgan fingerprint density at radius 3 is 2.04 bits per heavy atom. The standard InChI is InChI=1S/C12H22O11/c13-1-4(16)10(21)12(22,6(17)3-15)11-9(20)8(19)7(18)5(2-14)23-11/h3-11,13-14,16-22H,1-2H2/t4-,5-,6+,7+,8+,9-,10-,11-,12-/m1/s1. The van der Waals surface area contributed by atoms with Gasteiger partial charge in [-0.15, -0.1) is 0 Å². The Morgan fingerprint density at radius 2 is 1.61 bits per heavy atom. The van der Waals surface area contributed by atoms with Gasteiger partial charge in [0.05, 0.1) is 13.2 Å². The third-order valence-electron chi connectivity index (χ3n) is 3.98. The van der Waals surface area contributed by atoms with Crippen molar-refractivity contribution in [3.05, 3.63) is 0 Å². The van der Waals surface area contributed by atoms with Crippen LogP contribution in [-0.4, -0.2) is 120 Å². The Kier molecular flexibility index (Phi) is 6.97. The minimum absolute atomic E-state index is 0.214. The van der Waals surface area contributed by atoms with Crippen LogP contribution in [0, 0.1) is 0 Å². The highest BCUT2D eigenvalue weighted by atomic mass is 16.6. The van der Waals surface area contributed by atoms with Crippen LogP contribution in [0.1, 0.15) is 0 Å². The fraction of sp³-hybridized carbons (Fsp3) is 0.917. The molecule has 0 radical (unpaired) electrons. The summed E-state index contributed by atoms with van der Waals surface area (Å²) in [4.78, 5) is 10.8. The van der Waals surface area contributed by atoms with Crippen molar-refractivity contribution >= 4 is 6.29 Å². The highest BCUT2D eigenvalue weighted by Crippen LogP contribution is 2.33. The topological polar surface area (TPSA) is 208 Å². The molecule has 0 spiro atoms. The van der Waals surface area contributed by atoms with Gasteiger partial charge in [-0.3, -0.25) is 0 Å². The molecule has 0 unspecified atom stereocenters. The lowest BCUT2D eigenvalue weighted by Gasteiger charge is -2.49. The molecule has 11 nitrogen and oxygen atoms in total. The highest BCUT2D eigenvalue weighted by Gasteiger charge is 2.59. The Morgan fingerprint density at radius 1 is 1.04 bits per heavy atom. The molecular weight excluding hydrogens is 320 g/mol. The van der Waals surface area contributed by atoms with E-state index in [-0.39, 0.29) is 6.29 Å². The molecule has 1 heterocycles. The van der Waals surface area contributed by atoms with Crippen molar-refractivity contribution < 1.29 is 55.5 Å². The lowest BCUT2D eigenvalue weighted by atomic mass is 9.76. The second kappa shape index (κ2) is 7.90. The van der Waals surface area contributed by atoms with Crippen LogP contribution in [0.15, 0.2) is 0 Å². The van der Waals surface area contributed by atoms with E-state index in [1.54, 1.807) is 0 Å². The van der Waals surface area contributed by atoms with Gasteiger partial charge >= 0.3 is 0 Å². The van der Waals surface area contributed by atoms with Crippen molar-refractivity contribution in [1.82, 2.24) is 0 Å². The van der Waals surface area contributed by atoms with Gasteiger partial charge in [0, 0.05) is 0 Å². The summed E-state index contributed by atoms with van der Waals surface area (Å²) in [6.07, 6.45) is -16.4. The molecule has 0 aromatic carbocycles. The minimum Gasteiger partial charge on any atom is -0.394 e. The summed E-state index contributed by atoms with van der Waals surface area (Å²) in [7, 11) is 0. The summed E-state index contributed by atoms with van der Waals surface area (Å²) in [5, 5.41) is 86.9. The smallest absolute Gasteiger partial charge is 0.154 e. The van der Waals surface area contributed by atoms with Crippen molar-refractivity contribution in [2.24, 2.45) is 0 Å². The van der Waals surface area contributed by atoms with Crippen LogP contribution in [0.4, 0.5) is 0 Å². The van der Waals surface area contributed by atoms with E-state index in [0.717, 1.165) is 0 Å². The molecule has 1 fully saturated rings. The maximum atomic E-state index is 10.8. The predicted octanol–water partition coefficient (Wildman–Crippen LogP) is -6.17. The molecule has 1 aliphatic rings. The summed E-state index contributed by atoms with van der Waals surface area (Å²) in [6, 6.07) is 0. The first-order valence-electron chi connectivity index (χ1n) is 6.79. The summed E-state index contributed by atoms with van der Waals surface area (Å²) in [5.74, 6) is 0. The lowest BCUT2D eigenvalue weighted by Crippen LogP contribution is -2.73. The molecule has 1 saturated heterocycles. The van der Waals surface area contributed by atoms with Gasteiger partial charge in [-0.1, -0.05) is 0 Å². The van der Waals surface area contributed by atoms with Crippen LogP contribution in [0.3, 0.4) is 0 Å². The van der Waals surface area contributed by atoms with E-state index < -0.39 is 67.6 Å². The maximum absolute atomic E-state index is 10.8. The third kappa shape index (κ3) is 3.53. The Bertz CT molecular complexity index is 391. The number of hydrogen-bond donors (Lipinski definition) is 9. The van der Waals surface area contributed by atoms with E-state index in [9.17, 15) is 40.5 Å². The predicted molar refractivity (Wildman–Crippen MR) is 69.9 cm³/mol. The number of hydrogen-bond acceptors (Lipinski definition) is 11. The van der Waals surface area contributed by atoms with Crippen LogP contribution in [0.25, 0.3) is 0 Å². The van der Waals surface area contributed by atoms with Crippen LogP contribution < -0.4 is 0 Å². The van der Waals surface area contributed by atoms with Crippen LogP contribution in [0.2, 0.25) is 0 Å². The quantitative estimate of drug-likeness (QED) is 0.199. The molecule has 11 heteroatoms. The molecule has 0 saturated carbocycles. The van der Waals surface area contributed by atoms with E-state index in [4.69, 9.17) is 14.9 Å². The van der Waals surface area contributed by atoms with Crippen molar-refractivity contribution in [3.8, 4) is 0 Å². The van der Waals surface area contributed by atoms with Gasteiger partial charge < -0.3 is 55.5 Å². The van der Waals surface area contributed by atoms with Gasteiger partial charge in [0.1, 0.15) is 48.8 Å². The first-order valence-corrected chi connectivity index (χ1v) is 6.79. The number of ether oxygens (including phenoxy) is 1. The number of aldehydes is 1. The Hall–Kier alpha value is -0.730. The summed E-state index contributed by atoms with van der Waals surface area (Å²) in [5.41, 5.74) is -3.04. The van der Waals surface area contributed by atoms with Crippen LogP contribution in [-0.2, 0) is 9.53 Å². The van der Waals surface area contributed by atoms with Gasteiger partial charge in [-0.25, -0.2) is 0 Å². The molecule has 9 atom stereocenters. The number of aliphatic hydroxyl groups excluding tert-OH is 8. The first kappa shape index (κ1) is 20.3. The fourth-order valence-corrected chi connectivity index (χ4v) is 2.51. The van der Waals surface area contributed by atoms with E-state index >= 15 is 0 Å². The van der Waals surface area contributed by atoms with Crippen molar-refractivity contribution in [2.75, 3.05) is 13.2 Å². The zero-order valence-electron chi connectivity index (χ0n) is 12.0. The normalized spacial score (nSPS) is 38.4. The largest absolute Gasteiger partial charge is 0.394 e. The van der Waals surface area contributed by atoms with E-state index in [2.05, 4.69) is 0 Å². The van der Waals surface area contributed by atoms with Crippen LogP contribution >= 0.6 is 0 Å². The molecule has 23 heavy (non-hydrogen) atoms. The SMILES string of the molecule is O=C[C@H](O)[C@@](O)([C@H](O)[C@H](O)CO)[C@@H]1O[C@H](CO)[C@H](O)[C@H](O)[C@H]1O. The van der Waals surface area contributed by atoms with Gasteiger partial charge in [0.15, 0.2) is 11.9 Å². The molecule has 0 amide bonds. The third-order valence-corrected chi connectivity index (χ3v) is 3.98. The van der Waals surface area contributed by atoms with Gasteiger partial charge in [0.25, 0.3) is 0 Å². The van der Waals surface area contributed by atoms with E-state index in [1.165, 1.54) is 0 Å². The molecule has 0 bridgehead atoms. The molecule has 1 aliphatic heterocycles. The Balaban J connectivity index is 3.27. The monoisotopic (exact) mass is 342 g/mol. The molecule has 0 aliphatic carbocycles. The van der Waals surface area contributed by atoms with Crippen LogP contribution in [0.5, 0.6) is 0 Å². The lowest BCUT2D eigenvalue weighted by molar-refractivity contribution is -0.305. The number of carbonyl (C=O) groups is 1. The zero-order valence-corrected chi connectivity index (χ0v) is 12.0. The second-order valence-electron chi connectivity index (χ2n) is 5.41. The number of rotatable bonds is 7. The molecule has 136 valence electrons. The van der Waals surface area contributed by atoms with Crippen molar-refractivity contribution in [3.63, 3.8) is 0 Å². The molecule has 0 aromatic heterocycles. The van der Waals surface area contributed by atoms with Crippen molar-refractivity contribution in [1.29, 1.82) is 0 Å². The first-order chi connectivity index (χ1) is 10.7. The van der Waals surface area contributed by atoms with E-state index in [1.807, 2.05) is 0 Å². The number of carbonyl (C=O) groups excluding carboxylic acids is 1. The van der Waals surface area contributed by atoms with Crippen molar-refractivity contribution in [2.45, 2.75) is 54.4 Å². The van der Waals surface area contributed by atoms with Gasteiger partial charge in [0.2, 0.25) is 0 Å². The summed E-state index contributed by atoms with van der Waals surface area (Å²) >= 11 is 0. The average Bonchev–Trinajstić information content (AvgIpc) is 2.56. The van der Waals surface area contributed by atoms with E-state index in [0.29, 0.717) is 0 Å². The fourth-order valence-electron chi connectivity index (χ4n) is 2.51. The van der Waals surface area contributed by atoms with Gasteiger partial charge in [-0.05, 0) is 0 Å². The Labute approximate surface area is 130 Å². The minimum atomic E-state index is -3.04. The summed E-state index contributed by atoms with van der Waals surface area (Å²) in [6.45, 7) is -1.92. The zero-order chi connectivity index (χ0) is 17.9.